The van der Waals surface area contributed by atoms with Gasteiger partial charge in [0.25, 0.3) is 0 Å². The number of hydrogen-bond acceptors (Lipinski definition) is 3. The van der Waals surface area contributed by atoms with Gasteiger partial charge in [-0.25, -0.2) is 0 Å². The van der Waals surface area contributed by atoms with E-state index in [-0.39, 0.29) is 4.83 Å². The van der Waals surface area contributed by atoms with E-state index in [1.165, 1.54) is 11.1 Å². The number of rotatable bonds is 4. The first-order valence-corrected chi connectivity index (χ1v) is 7.76. The van der Waals surface area contributed by atoms with Gasteiger partial charge in [0.05, 0.1) is 25.7 Å². The molecule has 1 atom stereocenters. The standard InChI is InChI=1S/C17H17BrO3/c1-19-15-6-4-13(10-16(15)20-2)17(18)12-3-5-14-11(9-12)7-8-21-14/h3-6,9-10,17H,7-8H2,1-2H3. The summed E-state index contributed by atoms with van der Waals surface area (Å²) >= 11 is 3.78. The van der Waals surface area contributed by atoms with E-state index in [1.807, 2.05) is 24.3 Å². The molecule has 1 aliphatic rings. The summed E-state index contributed by atoms with van der Waals surface area (Å²) in [5.41, 5.74) is 3.62. The van der Waals surface area contributed by atoms with Crippen molar-refractivity contribution < 1.29 is 14.2 Å². The monoisotopic (exact) mass is 348 g/mol. The first kappa shape index (κ1) is 14.3. The highest BCUT2D eigenvalue weighted by Crippen LogP contribution is 2.38. The van der Waals surface area contributed by atoms with Crippen LogP contribution < -0.4 is 14.2 Å². The molecule has 0 saturated carbocycles. The summed E-state index contributed by atoms with van der Waals surface area (Å²) in [5.74, 6) is 2.48. The van der Waals surface area contributed by atoms with Gasteiger partial charge in [-0.3, -0.25) is 0 Å². The van der Waals surface area contributed by atoms with E-state index in [9.17, 15) is 0 Å². The van der Waals surface area contributed by atoms with Crippen LogP contribution >= 0.6 is 15.9 Å². The topological polar surface area (TPSA) is 27.7 Å². The normalized spacial score (nSPS) is 14.2. The predicted molar refractivity (Wildman–Crippen MR) is 86.0 cm³/mol. The van der Waals surface area contributed by atoms with Gasteiger partial charge in [-0.15, -0.1) is 0 Å². The molecule has 1 aliphatic heterocycles. The van der Waals surface area contributed by atoms with Gasteiger partial charge < -0.3 is 14.2 Å². The van der Waals surface area contributed by atoms with Crippen LogP contribution in [0.2, 0.25) is 0 Å². The Hall–Kier alpha value is -1.68. The van der Waals surface area contributed by atoms with E-state index in [2.05, 4.69) is 28.1 Å². The predicted octanol–water partition coefficient (Wildman–Crippen LogP) is 4.12. The molecule has 0 radical (unpaired) electrons. The molecule has 110 valence electrons. The molecule has 1 unspecified atom stereocenters. The second-order valence-electron chi connectivity index (χ2n) is 4.94. The summed E-state index contributed by atoms with van der Waals surface area (Å²) in [7, 11) is 3.29. The highest BCUT2D eigenvalue weighted by molar-refractivity contribution is 9.09. The van der Waals surface area contributed by atoms with Crippen molar-refractivity contribution in [2.24, 2.45) is 0 Å². The van der Waals surface area contributed by atoms with E-state index in [1.54, 1.807) is 14.2 Å². The van der Waals surface area contributed by atoms with E-state index in [0.717, 1.165) is 35.8 Å². The van der Waals surface area contributed by atoms with Gasteiger partial charge >= 0.3 is 0 Å². The fourth-order valence-corrected chi connectivity index (χ4v) is 3.14. The number of fused-ring (bicyclic) bond motifs is 1. The van der Waals surface area contributed by atoms with Crippen molar-refractivity contribution in [3.63, 3.8) is 0 Å². The molecular weight excluding hydrogens is 332 g/mol. The number of benzene rings is 2. The van der Waals surface area contributed by atoms with Crippen LogP contribution in [0.4, 0.5) is 0 Å². The molecule has 0 saturated heterocycles. The van der Waals surface area contributed by atoms with Crippen LogP contribution in [-0.4, -0.2) is 20.8 Å². The minimum atomic E-state index is 0.114. The highest BCUT2D eigenvalue weighted by Gasteiger charge is 2.17. The molecule has 0 aliphatic carbocycles. The zero-order valence-electron chi connectivity index (χ0n) is 12.1. The van der Waals surface area contributed by atoms with Crippen molar-refractivity contribution >= 4 is 15.9 Å². The Labute approximate surface area is 133 Å². The maximum absolute atomic E-state index is 5.55. The summed E-state index contributed by atoms with van der Waals surface area (Å²) in [6.45, 7) is 0.780. The fraction of sp³-hybridized carbons (Fsp3) is 0.294. The second-order valence-corrected chi connectivity index (χ2v) is 5.86. The van der Waals surface area contributed by atoms with Crippen molar-refractivity contribution in [1.29, 1.82) is 0 Å². The van der Waals surface area contributed by atoms with Crippen molar-refractivity contribution in [1.82, 2.24) is 0 Å². The molecular formula is C17H17BrO3. The largest absolute Gasteiger partial charge is 0.493 e. The van der Waals surface area contributed by atoms with E-state index >= 15 is 0 Å². The van der Waals surface area contributed by atoms with Gasteiger partial charge in [-0.1, -0.05) is 34.1 Å². The SMILES string of the molecule is COc1ccc(C(Br)c2ccc3c(c2)CCO3)cc1OC. The van der Waals surface area contributed by atoms with Gasteiger partial charge in [0, 0.05) is 6.42 Å². The molecule has 4 heteroatoms. The van der Waals surface area contributed by atoms with E-state index < -0.39 is 0 Å². The maximum Gasteiger partial charge on any atom is 0.161 e. The lowest BCUT2D eigenvalue weighted by Gasteiger charge is -2.15. The minimum absolute atomic E-state index is 0.114. The summed E-state index contributed by atoms with van der Waals surface area (Å²) in [4.78, 5) is 0.114. The third kappa shape index (κ3) is 2.72. The van der Waals surface area contributed by atoms with Gasteiger partial charge in [-0.05, 0) is 34.9 Å². The molecule has 1 heterocycles. The molecule has 0 spiro atoms. The van der Waals surface area contributed by atoms with E-state index in [0.29, 0.717) is 0 Å². The molecule has 3 nitrogen and oxygen atoms in total. The first-order valence-electron chi connectivity index (χ1n) is 6.84. The molecule has 3 rings (SSSR count). The molecule has 2 aromatic rings. The number of hydrogen-bond donors (Lipinski definition) is 0. The maximum atomic E-state index is 5.55. The van der Waals surface area contributed by atoms with Crippen molar-refractivity contribution in [2.45, 2.75) is 11.2 Å². The third-order valence-corrected chi connectivity index (χ3v) is 4.76. The lowest BCUT2D eigenvalue weighted by atomic mass is 10.0. The van der Waals surface area contributed by atoms with Gasteiger partial charge in [0.1, 0.15) is 5.75 Å². The Morgan fingerprint density at radius 3 is 2.48 bits per heavy atom. The Bertz CT molecular complexity index is 654. The molecule has 0 bridgehead atoms. The lowest BCUT2D eigenvalue weighted by molar-refractivity contribution is 0.354. The fourth-order valence-electron chi connectivity index (χ4n) is 2.57. The summed E-state index contributed by atoms with van der Waals surface area (Å²) < 4.78 is 16.2. The van der Waals surface area contributed by atoms with Gasteiger partial charge in [0.15, 0.2) is 11.5 Å². The average Bonchev–Trinajstić information content (AvgIpc) is 3.00. The molecule has 0 aromatic heterocycles. The average molecular weight is 349 g/mol. The molecule has 0 fully saturated rings. The Morgan fingerprint density at radius 2 is 1.71 bits per heavy atom. The summed E-state index contributed by atoms with van der Waals surface area (Å²) in [6.07, 6.45) is 0.981. The summed E-state index contributed by atoms with van der Waals surface area (Å²) in [5, 5.41) is 0. The third-order valence-electron chi connectivity index (χ3n) is 3.71. The van der Waals surface area contributed by atoms with Crippen LogP contribution in [0.5, 0.6) is 17.2 Å². The molecule has 0 amide bonds. The molecule has 21 heavy (non-hydrogen) atoms. The molecule has 0 N–H and O–H groups in total. The minimum Gasteiger partial charge on any atom is -0.493 e. The first-order chi connectivity index (χ1) is 10.2. The smallest absolute Gasteiger partial charge is 0.161 e. The van der Waals surface area contributed by atoms with Crippen LogP contribution in [-0.2, 0) is 6.42 Å². The van der Waals surface area contributed by atoms with Gasteiger partial charge in [-0.2, -0.15) is 0 Å². The quantitative estimate of drug-likeness (QED) is 0.777. The number of alkyl halides is 1. The number of halogens is 1. The number of methoxy groups -OCH3 is 2. The Balaban J connectivity index is 1.93. The molecule has 2 aromatic carbocycles. The van der Waals surface area contributed by atoms with Crippen LogP contribution in [0.3, 0.4) is 0 Å². The van der Waals surface area contributed by atoms with Crippen LogP contribution in [0.25, 0.3) is 0 Å². The van der Waals surface area contributed by atoms with Crippen molar-refractivity contribution in [3.05, 3.63) is 53.1 Å². The van der Waals surface area contributed by atoms with Gasteiger partial charge in [0.2, 0.25) is 0 Å². The van der Waals surface area contributed by atoms with E-state index in [4.69, 9.17) is 14.2 Å². The lowest BCUT2D eigenvalue weighted by Crippen LogP contribution is -1.96. The zero-order valence-corrected chi connectivity index (χ0v) is 13.6. The van der Waals surface area contributed by atoms with Crippen molar-refractivity contribution in [3.8, 4) is 17.2 Å². The highest BCUT2D eigenvalue weighted by atomic mass is 79.9. The van der Waals surface area contributed by atoms with Crippen LogP contribution in [0.1, 0.15) is 21.5 Å². The summed E-state index contributed by atoms with van der Waals surface area (Å²) in [6, 6.07) is 12.3. The Morgan fingerprint density at radius 1 is 1.00 bits per heavy atom. The Kier molecular flexibility index (Phi) is 4.06. The van der Waals surface area contributed by atoms with Crippen molar-refractivity contribution in [2.75, 3.05) is 20.8 Å². The van der Waals surface area contributed by atoms with Crippen LogP contribution in [0, 0.1) is 0 Å². The van der Waals surface area contributed by atoms with Crippen LogP contribution in [0.15, 0.2) is 36.4 Å². The second kappa shape index (κ2) is 5.98. The zero-order chi connectivity index (χ0) is 14.8. The number of ether oxygens (including phenoxy) is 3.